The number of piperidine rings is 1. The molecule has 0 bridgehead atoms. The van der Waals surface area contributed by atoms with E-state index in [1.54, 1.807) is 17.5 Å². The predicted octanol–water partition coefficient (Wildman–Crippen LogP) is 2.71. The number of nitrogens with zero attached hydrogens (tertiary/aromatic N) is 5. The second-order valence-electron chi connectivity index (χ2n) is 5.40. The van der Waals surface area contributed by atoms with Crippen molar-refractivity contribution in [2.75, 3.05) is 18.0 Å². The molecule has 22 heavy (non-hydrogen) atoms. The molecule has 3 aromatic heterocycles. The SMILES string of the molecule is c1ccc(-c2nnc(N3CCC[C@@H](c4ccn[nH]4)C3)s2)nc1. The van der Waals surface area contributed by atoms with Crippen LogP contribution in [0.1, 0.15) is 24.5 Å². The molecule has 4 heterocycles. The maximum Gasteiger partial charge on any atom is 0.208 e. The minimum absolute atomic E-state index is 0.485. The van der Waals surface area contributed by atoms with Crippen LogP contribution in [0.2, 0.25) is 0 Å². The molecule has 0 unspecified atom stereocenters. The van der Waals surface area contributed by atoms with E-state index in [-0.39, 0.29) is 0 Å². The van der Waals surface area contributed by atoms with Crippen molar-refractivity contribution in [1.29, 1.82) is 0 Å². The minimum Gasteiger partial charge on any atom is -0.346 e. The third-order valence-corrected chi connectivity index (χ3v) is 4.96. The summed E-state index contributed by atoms with van der Waals surface area (Å²) in [6.07, 6.45) is 5.94. The molecule has 4 rings (SSSR count). The van der Waals surface area contributed by atoms with E-state index < -0.39 is 0 Å². The van der Waals surface area contributed by atoms with Crippen LogP contribution in [0.4, 0.5) is 5.13 Å². The van der Waals surface area contributed by atoms with Gasteiger partial charge in [-0.2, -0.15) is 5.10 Å². The van der Waals surface area contributed by atoms with Crippen LogP contribution >= 0.6 is 11.3 Å². The van der Waals surface area contributed by atoms with E-state index in [4.69, 9.17) is 0 Å². The van der Waals surface area contributed by atoms with Crippen molar-refractivity contribution < 1.29 is 0 Å². The number of hydrogen-bond acceptors (Lipinski definition) is 6. The van der Waals surface area contributed by atoms with Gasteiger partial charge >= 0.3 is 0 Å². The molecule has 0 spiro atoms. The Labute approximate surface area is 132 Å². The van der Waals surface area contributed by atoms with Crippen molar-refractivity contribution >= 4 is 16.5 Å². The number of anilines is 1. The maximum absolute atomic E-state index is 4.36. The molecule has 1 aliphatic rings. The van der Waals surface area contributed by atoms with Gasteiger partial charge in [-0.25, -0.2) is 0 Å². The van der Waals surface area contributed by atoms with Gasteiger partial charge in [0, 0.05) is 37.1 Å². The number of aromatic amines is 1. The summed E-state index contributed by atoms with van der Waals surface area (Å²) in [6, 6.07) is 7.91. The van der Waals surface area contributed by atoms with Crippen LogP contribution in [-0.2, 0) is 0 Å². The van der Waals surface area contributed by atoms with Gasteiger partial charge in [-0.15, -0.1) is 10.2 Å². The van der Waals surface area contributed by atoms with Crippen molar-refractivity contribution in [3.63, 3.8) is 0 Å². The second kappa shape index (κ2) is 5.84. The first-order chi connectivity index (χ1) is 10.9. The predicted molar refractivity (Wildman–Crippen MR) is 85.9 cm³/mol. The van der Waals surface area contributed by atoms with Crippen molar-refractivity contribution in [2.24, 2.45) is 0 Å². The zero-order valence-electron chi connectivity index (χ0n) is 12.0. The van der Waals surface area contributed by atoms with Gasteiger partial charge in [0.1, 0.15) is 5.69 Å². The topological polar surface area (TPSA) is 70.6 Å². The van der Waals surface area contributed by atoms with Gasteiger partial charge in [0.2, 0.25) is 5.13 Å². The number of nitrogens with one attached hydrogen (secondary N) is 1. The Morgan fingerprint density at radius 1 is 1.18 bits per heavy atom. The van der Waals surface area contributed by atoms with E-state index in [2.05, 4.69) is 36.3 Å². The summed E-state index contributed by atoms with van der Waals surface area (Å²) in [6.45, 7) is 1.99. The summed E-state index contributed by atoms with van der Waals surface area (Å²) in [4.78, 5) is 6.66. The van der Waals surface area contributed by atoms with E-state index in [1.165, 1.54) is 12.1 Å². The van der Waals surface area contributed by atoms with Crippen LogP contribution in [0, 0.1) is 0 Å². The van der Waals surface area contributed by atoms with Crippen molar-refractivity contribution in [1.82, 2.24) is 25.4 Å². The Bertz CT molecular complexity index is 724. The van der Waals surface area contributed by atoms with Crippen molar-refractivity contribution in [2.45, 2.75) is 18.8 Å². The highest BCUT2D eigenvalue weighted by Crippen LogP contribution is 2.32. The molecule has 0 amide bonds. The Morgan fingerprint density at radius 2 is 2.18 bits per heavy atom. The van der Waals surface area contributed by atoms with Crippen molar-refractivity contribution in [3.05, 3.63) is 42.4 Å². The molecular weight excluding hydrogens is 296 g/mol. The zero-order valence-corrected chi connectivity index (χ0v) is 12.8. The molecule has 1 aliphatic heterocycles. The Balaban J connectivity index is 1.53. The quantitative estimate of drug-likeness (QED) is 0.805. The summed E-state index contributed by atoms with van der Waals surface area (Å²) in [5.74, 6) is 0.485. The van der Waals surface area contributed by atoms with Crippen LogP contribution < -0.4 is 4.90 Å². The van der Waals surface area contributed by atoms with E-state index in [0.717, 1.165) is 35.3 Å². The molecule has 1 N–H and O–H groups in total. The largest absolute Gasteiger partial charge is 0.346 e. The van der Waals surface area contributed by atoms with Gasteiger partial charge in [-0.05, 0) is 31.0 Å². The Kier molecular flexibility index (Phi) is 3.56. The Morgan fingerprint density at radius 3 is 3.00 bits per heavy atom. The van der Waals surface area contributed by atoms with Crippen LogP contribution in [-0.4, -0.2) is 38.5 Å². The average molecular weight is 312 g/mol. The third kappa shape index (κ3) is 2.59. The molecular formula is C15H16N6S. The highest BCUT2D eigenvalue weighted by molar-refractivity contribution is 7.18. The molecule has 0 radical (unpaired) electrons. The fraction of sp³-hybridized carbons (Fsp3) is 0.333. The number of hydrogen-bond donors (Lipinski definition) is 1. The lowest BCUT2D eigenvalue weighted by Gasteiger charge is -2.31. The highest BCUT2D eigenvalue weighted by atomic mass is 32.1. The van der Waals surface area contributed by atoms with Gasteiger partial charge in [-0.3, -0.25) is 10.1 Å². The fourth-order valence-electron chi connectivity index (χ4n) is 2.83. The number of aromatic nitrogens is 5. The van der Waals surface area contributed by atoms with E-state index in [1.807, 2.05) is 24.4 Å². The Hall–Kier alpha value is -2.28. The molecule has 0 aromatic carbocycles. The first kappa shape index (κ1) is 13.4. The molecule has 3 aromatic rings. The lowest BCUT2D eigenvalue weighted by Crippen LogP contribution is -2.34. The van der Waals surface area contributed by atoms with Gasteiger partial charge in [0.25, 0.3) is 0 Å². The lowest BCUT2D eigenvalue weighted by molar-refractivity contribution is 0.499. The first-order valence-electron chi connectivity index (χ1n) is 7.39. The van der Waals surface area contributed by atoms with Crippen LogP contribution in [0.5, 0.6) is 0 Å². The average Bonchev–Trinajstić information content (AvgIpc) is 3.28. The summed E-state index contributed by atoms with van der Waals surface area (Å²) >= 11 is 1.61. The lowest BCUT2D eigenvalue weighted by atomic mass is 9.95. The molecule has 112 valence electrons. The number of rotatable bonds is 3. The molecule has 1 atom stereocenters. The normalized spacial score (nSPS) is 18.5. The standard InChI is InChI=1S/C15H16N6S/c1-2-7-16-13(5-1)14-19-20-15(22-14)21-9-3-4-11(10-21)12-6-8-17-18-12/h1-2,5-8,11H,3-4,9-10H2,(H,17,18)/t11-/m1/s1. The monoisotopic (exact) mass is 312 g/mol. The van der Waals surface area contributed by atoms with Gasteiger partial charge in [0.15, 0.2) is 5.01 Å². The van der Waals surface area contributed by atoms with Gasteiger partial charge < -0.3 is 4.90 Å². The van der Waals surface area contributed by atoms with Gasteiger partial charge in [-0.1, -0.05) is 17.4 Å². The third-order valence-electron chi connectivity index (χ3n) is 3.95. The number of pyridine rings is 1. The highest BCUT2D eigenvalue weighted by Gasteiger charge is 2.24. The molecule has 7 heteroatoms. The zero-order chi connectivity index (χ0) is 14.8. The summed E-state index contributed by atoms with van der Waals surface area (Å²) in [5.41, 5.74) is 2.09. The van der Waals surface area contributed by atoms with E-state index in [0.29, 0.717) is 5.92 Å². The molecule has 1 saturated heterocycles. The summed E-state index contributed by atoms with van der Waals surface area (Å²) in [5, 5.41) is 17.7. The van der Waals surface area contributed by atoms with Crippen LogP contribution in [0.15, 0.2) is 36.7 Å². The van der Waals surface area contributed by atoms with E-state index in [9.17, 15) is 0 Å². The second-order valence-corrected chi connectivity index (χ2v) is 6.36. The van der Waals surface area contributed by atoms with Crippen LogP contribution in [0.3, 0.4) is 0 Å². The summed E-state index contributed by atoms with van der Waals surface area (Å²) < 4.78 is 0. The minimum atomic E-state index is 0.485. The first-order valence-corrected chi connectivity index (χ1v) is 8.21. The maximum atomic E-state index is 4.36. The molecule has 1 fully saturated rings. The fourth-order valence-corrected chi connectivity index (χ4v) is 3.69. The molecule has 0 aliphatic carbocycles. The summed E-state index contributed by atoms with van der Waals surface area (Å²) in [7, 11) is 0. The van der Waals surface area contributed by atoms with Crippen LogP contribution in [0.25, 0.3) is 10.7 Å². The molecule has 0 saturated carbocycles. The molecule has 6 nitrogen and oxygen atoms in total. The van der Waals surface area contributed by atoms with E-state index >= 15 is 0 Å². The van der Waals surface area contributed by atoms with Gasteiger partial charge in [0.05, 0.1) is 0 Å². The van der Waals surface area contributed by atoms with Crippen molar-refractivity contribution in [3.8, 4) is 10.7 Å². The number of H-pyrrole nitrogens is 1. The smallest absolute Gasteiger partial charge is 0.208 e.